The molecule has 16 heavy (non-hydrogen) atoms. The maximum absolute atomic E-state index is 10.0. The Balaban J connectivity index is 2.14. The molecule has 1 aromatic carbocycles. The fraction of sp³-hybridized carbons (Fsp3) is 0.250. The zero-order valence-electron chi connectivity index (χ0n) is 8.97. The molecule has 4 heteroatoms. The Morgan fingerprint density at radius 3 is 2.81 bits per heavy atom. The number of aryl methyl sites for hydroxylation is 1. The normalized spacial score (nSPS) is 12.7. The van der Waals surface area contributed by atoms with Gasteiger partial charge in [-0.05, 0) is 17.2 Å². The Hall–Kier alpha value is -1.32. The number of aliphatic hydroxyl groups excluding tert-OH is 1. The van der Waals surface area contributed by atoms with Gasteiger partial charge < -0.3 is 5.11 Å². The van der Waals surface area contributed by atoms with Crippen molar-refractivity contribution in [2.24, 2.45) is 7.05 Å². The molecule has 1 heterocycles. The smallest absolute Gasteiger partial charge is 0.0845 e. The minimum absolute atomic E-state index is 0.525. The Labute approximate surface area is 99.3 Å². The zero-order chi connectivity index (χ0) is 11.5. The van der Waals surface area contributed by atoms with Crippen LogP contribution in [-0.4, -0.2) is 14.9 Å². The molecule has 3 nitrogen and oxygen atoms in total. The van der Waals surface area contributed by atoms with Crippen LogP contribution in [-0.2, 0) is 13.5 Å². The number of hydrogen-bond acceptors (Lipinski definition) is 2. The first-order valence-electron chi connectivity index (χ1n) is 5.07. The van der Waals surface area contributed by atoms with Crippen molar-refractivity contribution in [2.45, 2.75) is 12.5 Å². The maximum Gasteiger partial charge on any atom is 0.0845 e. The van der Waals surface area contributed by atoms with Crippen LogP contribution in [0.4, 0.5) is 0 Å². The van der Waals surface area contributed by atoms with Crippen LogP contribution >= 0.6 is 11.6 Å². The van der Waals surface area contributed by atoms with Gasteiger partial charge in [0, 0.05) is 24.7 Å². The van der Waals surface area contributed by atoms with Crippen LogP contribution in [0.25, 0.3) is 0 Å². The molecule has 2 aromatic rings. The third-order valence-corrected chi connectivity index (χ3v) is 2.80. The highest BCUT2D eigenvalue weighted by Crippen LogP contribution is 2.25. The highest BCUT2D eigenvalue weighted by Gasteiger charge is 2.12. The van der Waals surface area contributed by atoms with Crippen LogP contribution in [0.5, 0.6) is 0 Å². The van der Waals surface area contributed by atoms with Crippen LogP contribution < -0.4 is 0 Å². The second-order valence-corrected chi connectivity index (χ2v) is 4.17. The van der Waals surface area contributed by atoms with Crippen molar-refractivity contribution in [3.8, 4) is 0 Å². The molecule has 1 atom stereocenters. The topological polar surface area (TPSA) is 38.0 Å². The summed E-state index contributed by atoms with van der Waals surface area (Å²) in [7, 11) is 1.85. The van der Waals surface area contributed by atoms with Crippen LogP contribution in [0, 0.1) is 0 Å². The summed E-state index contributed by atoms with van der Waals surface area (Å²) in [4.78, 5) is 0. The van der Waals surface area contributed by atoms with E-state index in [1.54, 1.807) is 16.9 Å². The summed E-state index contributed by atoms with van der Waals surface area (Å²) < 4.78 is 1.72. The van der Waals surface area contributed by atoms with E-state index in [4.69, 9.17) is 11.6 Å². The fourth-order valence-corrected chi connectivity index (χ4v) is 1.92. The number of aromatic nitrogens is 2. The standard InChI is InChI=1S/C12H13ClN2O/c1-15-8-9(7-14-15)6-12(16)10-4-2-3-5-11(10)13/h2-5,7-8,12,16H,6H2,1H3. The van der Waals surface area contributed by atoms with Crippen LogP contribution in [0.3, 0.4) is 0 Å². The van der Waals surface area contributed by atoms with E-state index in [-0.39, 0.29) is 0 Å². The second-order valence-electron chi connectivity index (χ2n) is 3.76. The van der Waals surface area contributed by atoms with Crippen LogP contribution in [0.2, 0.25) is 5.02 Å². The first-order chi connectivity index (χ1) is 7.66. The average molecular weight is 237 g/mol. The molecule has 1 aromatic heterocycles. The molecule has 0 aliphatic rings. The summed E-state index contributed by atoms with van der Waals surface area (Å²) in [5, 5.41) is 14.7. The molecule has 0 bridgehead atoms. The van der Waals surface area contributed by atoms with Crippen molar-refractivity contribution in [3.05, 3.63) is 52.8 Å². The summed E-state index contributed by atoms with van der Waals surface area (Å²) in [6.07, 6.45) is 3.58. The van der Waals surface area contributed by atoms with E-state index in [1.165, 1.54) is 0 Å². The number of hydrogen-bond donors (Lipinski definition) is 1. The fourth-order valence-electron chi connectivity index (χ4n) is 1.66. The molecule has 2 rings (SSSR count). The molecule has 1 N–H and O–H groups in total. The van der Waals surface area contributed by atoms with Crippen molar-refractivity contribution in [3.63, 3.8) is 0 Å². The number of benzene rings is 1. The predicted octanol–water partition coefficient (Wildman–Crippen LogP) is 2.35. The number of aliphatic hydroxyl groups is 1. The molecule has 0 radical (unpaired) electrons. The molecule has 0 aliphatic heterocycles. The van der Waals surface area contributed by atoms with Gasteiger partial charge in [0.25, 0.3) is 0 Å². The lowest BCUT2D eigenvalue weighted by Crippen LogP contribution is -2.01. The maximum atomic E-state index is 10.0. The van der Waals surface area contributed by atoms with Gasteiger partial charge in [0.05, 0.1) is 12.3 Å². The summed E-state index contributed by atoms with van der Waals surface area (Å²) >= 11 is 6.01. The van der Waals surface area contributed by atoms with Gasteiger partial charge >= 0.3 is 0 Å². The van der Waals surface area contributed by atoms with E-state index in [9.17, 15) is 5.11 Å². The van der Waals surface area contributed by atoms with Crippen molar-refractivity contribution in [1.29, 1.82) is 0 Å². The molecule has 0 fully saturated rings. The minimum Gasteiger partial charge on any atom is -0.388 e. The van der Waals surface area contributed by atoms with E-state index in [2.05, 4.69) is 5.10 Å². The molecular formula is C12H13ClN2O. The highest BCUT2D eigenvalue weighted by molar-refractivity contribution is 6.31. The third-order valence-electron chi connectivity index (χ3n) is 2.45. The van der Waals surface area contributed by atoms with Crippen LogP contribution in [0.15, 0.2) is 36.7 Å². The Kier molecular flexibility index (Phi) is 3.27. The van der Waals surface area contributed by atoms with Crippen molar-refractivity contribution >= 4 is 11.6 Å². The average Bonchev–Trinajstić information content (AvgIpc) is 2.64. The number of halogens is 1. The van der Waals surface area contributed by atoms with Crippen molar-refractivity contribution in [1.82, 2.24) is 9.78 Å². The van der Waals surface area contributed by atoms with Gasteiger partial charge in [0.2, 0.25) is 0 Å². The van der Waals surface area contributed by atoms with Gasteiger partial charge in [0.1, 0.15) is 0 Å². The summed E-state index contributed by atoms with van der Waals surface area (Å²) in [6.45, 7) is 0. The number of nitrogens with zero attached hydrogens (tertiary/aromatic N) is 2. The van der Waals surface area contributed by atoms with E-state index in [1.807, 2.05) is 31.4 Å². The Morgan fingerprint density at radius 2 is 2.19 bits per heavy atom. The Morgan fingerprint density at radius 1 is 1.44 bits per heavy atom. The predicted molar refractivity (Wildman–Crippen MR) is 63.3 cm³/mol. The molecule has 0 saturated heterocycles. The summed E-state index contributed by atoms with van der Waals surface area (Å²) in [5.74, 6) is 0. The minimum atomic E-state index is -0.585. The van der Waals surface area contributed by atoms with Gasteiger partial charge in [-0.1, -0.05) is 29.8 Å². The number of rotatable bonds is 3. The summed E-state index contributed by atoms with van der Waals surface area (Å²) in [5.41, 5.74) is 1.75. The van der Waals surface area contributed by atoms with Gasteiger partial charge in [-0.2, -0.15) is 5.10 Å². The van der Waals surface area contributed by atoms with Crippen molar-refractivity contribution < 1.29 is 5.11 Å². The van der Waals surface area contributed by atoms with E-state index < -0.39 is 6.10 Å². The third kappa shape index (κ3) is 2.43. The van der Waals surface area contributed by atoms with E-state index in [0.29, 0.717) is 11.4 Å². The van der Waals surface area contributed by atoms with Crippen LogP contribution in [0.1, 0.15) is 17.2 Å². The lowest BCUT2D eigenvalue weighted by Gasteiger charge is -2.11. The van der Waals surface area contributed by atoms with Gasteiger partial charge in [-0.3, -0.25) is 4.68 Å². The Bertz CT molecular complexity index is 481. The molecular weight excluding hydrogens is 224 g/mol. The quantitative estimate of drug-likeness (QED) is 0.889. The largest absolute Gasteiger partial charge is 0.388 e. The molecule has 0 spiro atoms. The molecule has 0 saturated carbocycles. The first-order valence-corrected chi connectivity index (χ1v) is 5.44. The van der Waals surface area contributed by atoms with Gasteiger partial charge in [0.15, 0.2) is 0 Å². The first kappa shape index (κ1) is 11.2. The monoisotopic (exact) mass is 236 g/mol. The SMILES string of the molecule is Cn1cc(CC(O)c2ccccc2Cl)cn1. The van der Waals surface area contributed by atoms with E-state index >= 15 is 0 Å². The second kappa shape index (κ2) is 4.68. The molecule has 0 aliphatic carbocycles. The van der Waals surface area contributed by atoms with Crippen molar-refractivity contribution in [2.75, 3.05) is 0 Å². The van der Waals surface area contributed by atoms with Gasteiger partial charge in [-0.15, -0.1) is 0 Å². The lowest BCUT2D eigenvalue weighted by atomic mass is 10.0. The van der Waals surface area contributed by atoms with Gasteiger partial charge in [-0.25, -0.2) is 0 Å². The highest BCUT2D eigenvalue weighted by atomic mass is 35.5. The summed E-state index contributed by atoms with van der Waals surface area (Å²) in [6, 6.07) is 7.34. The zero-order valence-corrected chi connectivity index (χ0v) is 9.72. The molecule has 1 unspecified atom stereocenters. The molecule has 84 valence electrons. The van der Waals surface area contributed by atoms with E-state index in [0.717, 1.165) is 11.1 Å². The molecule has 0 amide bonds. The lowest BCUT2D eigenvalue weighted by molar-refractivity contribution is 0.178.